The van der Waals surface area contributed by atoms with E-state index in [2.05, 4.69) is 4.99 Å². The first-order valence-electron chi connectivity index (χ1n) is 8.81. The molecule has 11 nitrogen and oxygen atoms in total. The van der Waals surface area contributed by atoms with Gasteiger partial charge in [-0.15, -0.1) is 0 Å². The van der Waals surface area contributed by atoms with Gasteiger partial charge in [0.2, 0.25) is 5.23 Å². The second-order valence-corrected chi connectivity index (χ2v) is 7.23. The van der Waals surface area contributed by atoms with E-state index in [4.69, 9.17) is 28.4 Å². The summed E-state index contributed by atoms with van der Waals surface area (Å²) in [5, 5.41) is 0.311. The average Bonchev–Trinajstić information content (AvgIpc) is 3.10. The lowest BCUT2D eigenvalue weighted by atomic mass is 9.99. The number of carbonyl (C=O) groups excluding carboxylic acids is 4. The van der Waals surface area contributed by atoms with Gasteiger partial charge < -0.3 is 28.4 Å². The van der Waals surface area contributed by atoms with Crippen LogP contribution in [0.5, 0.6) is 0 Å². The molecule has 29 heavy (non-hydrogen) atoms. The van der Waals surface area contributed by atoms with Gasteiger partial charge in [-0.3, -0.25) is 19.2 Å². The molecule has 0 aliphatic carbocycles. The summed E-state index contributed by atoms with van der Waals surface area (Å²) in [6, 6.07) is 0. The van der Waals surface area contributed by atoms with Crippen LogP contribution in [0.1, 0.15) is 27.7 Å². The van der Waals surface area contributed by atoms with Crippen molar-refractivity contribution in [2.24, 2.45) is 4.99 Å². The van der Waals surface area contributed by atoms with E-state index in [-0.39, 0.29) is 6.61 Å². The molecule has 0 aromatic rings. The summed E-state index contributed by atoms with van der Waals surface area (Å²) in [4.78, 5) is 50.5. The van der Waals surface area contributed by atoms with Gasteiger partial charge in [-0.2, -0.15) is 0 Å². The van der Waals surface area contributed by atoms with E-state index in [1.54, 1.807) is 0 Å². The van der Waals surface area contributed by atoms with Gasteiger partial charge in [-0.05, 0) is 11.8 Å². The van der Waals surface area contributed by atoms with Gasteiger partial charge in [0, 0.05) is 27.7 Å². The molecule has 0 radical (unpaired) electrons. The molecule has 0 unspecified atom stereocenters. The number of hydrogen-bond donors (Lipinski definition) is 0. The third-order valence-electron chi connectivity index (χ3n) is 3.72. The van der Waals surface area contributed by atoms with Crippen LogP contribution in [0.3, 0.4) is 0 Å². The van der Waals surface area contributed by atoms with Gasteiger partial charge in [0.15, 0.2) is 23.7 Å². The highest BCUT2D eigenvalue weighted by atomic mass is 32.2. The van der Waals surface area contributed by atoms with E-state index < -0.39 is 53.7 Å². The van der Waals surface area contributed by atoms with Crippen molar-refractivity contribution in [3.63, 3.8) is 0 Å². The van der Waals surface area contributed by atoms with E-state index in [1.165, 1.54) is 20.8 Å². The number of carbonyl (C=O) groups is 4. The molecular weight excluding hydrogens is 410 g/mol. The number of esters is 4. The molecule has 1 fully saturated rings. The third kappa shape index (κ3) is 6.89. The van der Waals surface area contributed by atoms with Gasteiger partial charge in [-0.25, -0.2) is 4.99 Å². The Kier molecular flexibility index (Phi) is 8.26. The lowest BCUT2D eigenvalue weighted by Gasteiger charge is -2.43. The first-order chi connectivity index (χ1) is 13.7. The number of nitrogens with zero attached hydrogens (tertiary/aromatic N) is 1. The van der Waals surface area contributed by atoms with Gasteiger partial charge >= 0.3 is 23.9 Å². The van der Waals surface area contributed by atoms with Gasteiger partial charge in [0.05, 0.1) is 6.54 Å². The molecular formula is C17H23NO10S. The molecule has 0 saturated carbocycles. The summed E-state index contributed by atoms with van der Waals surface area (Å²) < 4.78 is 32.3. The van der Waals surface area contributed by atoms with Crippen LogP contribution in [0.15, 0.2) is 4.99 Å². The Morgan fingerprint density at radius 2 is 1.52 bits per heavy atom. The maximum absolute atomic E-state index is 11.7. The molecule has 2 aliphatic heterocycles. The number of rotatable bonds is 6. The minimum Gasteiger partial charge on any atom is -0.471 e. The van der Waals surface area contributed by atoms with Crippen LogP contribution in [0.25, 0.3) is 0 Å². The van der Waals surface area contributed by atoms with Gasteiger partial charge in [0.1, 0.15) is 19.3 Å². The highest BCUT2D eigenvalue weighted by Gasteiger charge is 2.53. The topological polar surface area (TPSA) is 136 Å². The first-order valence-corrected chi connectivity index (χ1v) is 9.69. The number of ether oxygens (including phenoxy) is 6. The fourth-order valence-electron chi connectivity index (χ4n) is 2.77. The molecule has 5 atom stereocenters. The number of aliphatic imine (C=N–C) groups is 1. The van der Waals surface area contributed by atoms with Crippen LogP contribution < -0.4 is 0 Å². The van der Waals surface area contributed by atoms with Crippen molar-refractivity contribution in [2.45, 2.75) is 57.5 Å². The average molecular weight is 433 g/mol. The van der Waals surface area contributed by atoms with Crippen molar-refractivity contribution in [1.29, 1.82) is 0 Å². The Morgan fingerprint density at radius 3 is 2.03 bits per heavy atom. The highest BCUT2D eigenvalue weighted by molar-refractivity contribution is 8.14. The monoisotopic (exact) mass is 433 g/mol. The SMILES string of the molecule is CC(=O)OC[C@H]1O[C@@H](SC2=NCCO2)[C@H](OC(C)=O)[C@@H](OC(C)=O)[C@@H]1OC(C)=O. The van der Waals surface area contributed by atoms with Crippen molar-refractivity contribution < 1.29 is 47.6 Å². The molecule has 0 N–H and O–H groups in total. The van der Waals surface area contributed by atoms with Crippen LogP contribution in [-0.4, -0.2) is 78.7 Å². The van der Waals surface area contributed by atoms with E-state index >= 15 is 0 Å². The van der Waals surface area contributed by atoms with Crippen molar-refractivity contribution >= 4 is 40.9 Å². The number of hydrogen-bond acceptors (Lipinski definition) is 12. The molecule has 162 valence electrons. The Hall–Kier alpha value is -2.34. The Labute approximate surface area is 171 Å². The summed E-state index contributed by atoms with van der Waals surface area (Å²) in [5.74, 6) is -2.60. The zero-order valence-electron chi connectivity index (χ0n) is 16.4. The molecule has 0 amide bonds. The quantitative estimate of drug-likeness (QED) is 0.419. The predicted octanol–water partition coefficient (Wildman–Crippen LogP) is 0.189. The Bertz CT molecular complexity index is 681. The molecule has 2 heterocycles. The molecule has 12 heteroatoms. The summed E-state index contributed by atoms with van der Waals surface area (Å²) in [7, 11) is 0. The van der Waals surface area contributed by atoms with Crippen LogP contribution in [0.4, 0.5) is 0 Å². The Balaban J connectivity index is 2.37. The van der Waals surface area contributed by atoms with Crippen molar-refractivity contribution in [1.82, 2.24) is 0 Å². The Morgan fingerprint density at radius 1 is 0.931 bits per heavy atom. The van der Waals surface area contributed by atoms with Crippen molar-refractivity contribution in [3.05, 3.63) is 0 Å². The smallest absolute Gasteiger partial charge is 0.303 e. The van der Waals surface area contributed by atoms with Crippen molar-refractivity contribution in [3.8, 4) is 0 Å². The number of thioether (sulfide) groups is 1. The summed E-state index contributed by atoms with van der Waals surface area (Å²) in [6.45, 7) is 5.31. The molecule has 0 spiro atoms. The maximum atomic E-state index is 11.7. The highest BCUT2D eigenvalue weighted by Crippen LogP contribution is 2.35. The van der Waals surface area contributed by atoms with Crippen LogP contribution in [0.2, 0.25) is 0 Å². The summed E-state index contributed by atoms with van der Waals surface area (Å²) >= 11 is 1.02. The zero-order valence-corrected chi connectivity index (χ0v) is 17.3. The van der Waals surface area contributed by atoms with E-state index in [9.17, 15) is 19.2 Å². The standard InChI is InChI=1S/C17H23NO10S/c1-8(19)24-7-12-13(25-9(2)20)14(26-10(3)21)15(27-11(4)22)16(28-12)29-17-18-5-6-23-17/h12-16H,5-7H2,1-4H3/t12-,13-,14+,15-,16+/m1/s1. The second-order valence-electron chi connectivity index (χ2n) is 6.18. The molecule has 2 aliphatic rings. The lowest BCUT2D eigenvalue weighted by molar-refractivity contribution is -0.237. The second kappa shape index (κ2) is 10.4. The summed E-state index contributed by atoms with van der Waals surface area (Å²) in [6.07, 6.45) is -4.50. The molecule has 1 saturated heterocycles. The van der Waals surface area contributed by atoms with Crippen LogP contribution >= 0.6 is 11.8 Å². The van der Waals surface area contributed by atoms with Gasteiger partial charge in [0.25, 0.3) is 0 Å². The lowest BCUT2D eigenvalue weighted by Crippen LogP contribution is -2.61. The van der Waals surface area contributed by atoms with Crippen molar-refractivity contribution in [2.75, 3.05) is 19.8 Å². The first kappa shape index (κ1) is 22.9. The fraction of sp³-hybridized carbons (Fsp3) is 0.706. The van der Waals surface area contributed by atoms with E-state index in [0.717, 1.165) is 18.7 Å². The molecule has 0 aromatic carbocycles. The van der Waals surface area contributed by atoms with E-state index in [1.807, 2.05) is 0 Å². The molecule has 2 rings (SSSR count). The maximum Gasteiger partial charge on any atom is 0.303 e. The minimum absolute atomic E-state index is 0.276. The largest absolute Gasteiger partial charge is 0.471 e. The van der Waals surface area contributed by atoms with Crippen LogP contribution in [-0.2, 0) is 47.6 Å². The van der Waals surface area contributed by atoms with Crippen LogP contribution in [0, 0.1) is 0 Å². The fourth-order valence-corrected chi connectivity index (χ4v) is 3.83. The minimum atomic E-state index is -1.20. The normalized spacial score (nSPS) is 28.6. The van der Waals surface area contributed by atoms with Gasteiger partial charge in [-0.1, -0.05) is 0 Å². The predicted molar refractivity (Wildman–Crippen MR) is 97.8 cm³/mol. The zero-order chi connectivity index (χ0) is 21.6. The summed E-state index contributed by atoms with van der Waals surface area (Å²) in [5.41, 5.74) is -0.924. The molecule has 0 bridgehead atoms. The molecule has 0 aromatic heterocycles. The third-order valence-corrected chi connectivity index (χ3v) is 4.78. The van der Waals surface area contributed by atoms with E-state index in [0.29, 0.717) is 18.4 Å².